The van der Waals surface area contributed by atoms with E-state index >= 15 is 0 Å². The number of carboxylic acid groups (broad SMARTS) is 1. The van der Waals surface area contributed by atoms with Crippen LogP contribution in [0.5, 0.6) is 0 Å². The van der Waals surface area contributed by atoms with Crippen LogP contribution in [0.3, 0.4) is 0 Å². The van der Waals surface area contributed by atoms with Crippen LogP contribution in [0.15, 0.2) is 45.7 Å². The number of rotatable bonds is 4. The second-order valence-corrected chi connectivity index (χ2v) is 5.59. The maximum Gasteiger partial charge on any atom is 0.310 e. The summed E-state index contributed by atoms with van der Waals surface area (Å²) in [5, 5.41) is 13.5. The SMILES string of the molecule is CC(C(=O)O)c1cc(C(=O)c2ccsc2)c2occc2c1. The molecule has 1 unspecified atom stereocenters. The largest absolute Gasteiger partial charge is 0.481 e. The highest BCUT2D eigenvalue weighted by atomic mass is 32.1. The van der Waals surface area contributed by atoms with Gasteiger partial charge in [-0.2, -0.15) is 11.3 Å². The smallest absolute Gasteiger partial charge is 0.310 e. The normalized spacial score (nSPS) is 12.4. The number of carbonyl (C=O) groups is 2. The zero-order chi connectivity index (χ0) is 15.0. The molecular weight excluding hydrogens is 288 g/mol. The molecule has 5 heteroatoms. The molecule has 0 saturated heterocycles. The molecule has 0 aliphatic carbocycles. The molecule has 0 radical (unpaired) electrons. The number of ketones is 1. The molecule has 1 aromatic carbocycles. The van der Waals surface area contributed by atoms with E-state index in [0.29, 0.717) is 22.3 Å². The molecular formula is C16H12O4S. The van der Waals surface area contributed by atoms with Crippen molar-refractivity contribution in [2.24, 2.45) is 0 Å². The summed E-state index contributed by atoms with van der Waals surface area (Å²) in [6.07, 6.45) is 1.50. The lowest BCUT2D eigenvalue weighted by Crippen LogP contribution is -2.09. The predicted octanol–water partition coefficient (Wildman–Crippen LogP) is 3.91. The monoisotopic (exact) mass is 300 g/mol. The van der Waals surface area contributed by atoms with Gasteiger partial charge >= 0.3 is 5.97 Å². The summed E-state index contributed by atoms with van der Waals surface area (Å²) < 4.78 is 5.40. The number of carboxylic acids is 1. The van der Waals surface area contributed by atoms with Gasteiger partial charge < -0.3 is 9.52 Å². The van der Waals surface area contributed by atoms with Crippen LogP contribution < -0.4 is 0 Å². The van der Waals surface area contributed by atoms with Crippen molar-refractivity contribution < 1.29 is 19.1 Å². The van der Waals surface area contributed by atoms with Crippen molar-refractivity contribution in [2.75, 3.05) is 0 Å². The number of fused-ring (bicyclic) bond motifs is 1. The first-order valence-corrected chi connectivity index (χ1v) is 7.33. The maximum atomic E-state index is 12.6. The van der Waals surface area contributed by atoms with E-state index in [1.54, 1.807) is 36.6 Å². The van der Waals surface area contributed by atoms with Crippen LogP contribution in [-0.2, 0) is 4.79 Å². The Kier molecular flexibility index (Phi) is 3.35. The van der Waals surface area contributed by atoms with Gasteiger partial charge in [0.15, 0.2) is 5.78 Å². The average molecular weight is 300 g/mol. The highest BCUT2D eigenvalue weighted by Crippen LogP contribution is 2.28. The van der Waals surface area contributed by atoms with Crippen LogP contribution in [0.25, 0.3) is 11.0 Å². The number of hydrogen-bond donors (Lipinski definition) is 1. The highest BCUT2D eigenvalue weighted by Gasteiger charge is 2.21. The third-order valence-electron chi connectivity index (χ3n) is 3.47. The second-order valence-electron chi connectivity index (χ2n) is 4.81. The molecule has 2 heterocycles. The van der Waals surface area contributed by atoms with Crippen molar-refractivity contribution in [2.45, 2.75) is 12.8 Å². The molecule has 1 N–H and O–H groups in total. The summed E-state index contributed by atoms with van der Waals surface area (Å²) in [5.41, 5.74) is 2.07. The van der Waals surface area contributed by atoms with Crippen LogP contribution in [0.1, 0.15) is 34.3 Å². The van der Waals surface area contributed by atoms with E-state index < -0.39 is 11.9 Å². The second kappa shape index (κ2) is 5.18. The molecule has 0 aliphatic rings. The number of carbonyl (C=O) groups excluding carboxylic acids is 1. The minimum absolute atomic E-state index is 0.157. The van der Waals surface area contributed by atoms with Gasteiger partial charge in [0.2, 0.25) is 0 Å². The van der Waals surface area contributed by atoms with Crippen molar-refractivity contribution >= 4 is 34.1 Å². The molecule has 0 fully saturated rings. The number of furan rings is 1. The Labute approximate surface area is 124 Å². The minimum Gasteiger partial charge on any atom is -0.481 e. The highest BCUT2D eigenvalue weighted by molar-refractivity contribution is 7.08. The lowest BCUT2D eigenvalue weighted by molar-refractivity contribution is -0.138. The van der Waals surface area contributed by atoms with Gasteiger partial charge in [-0.3, -0.25) is 9.59 Å². The minimum atomic E-state index is -0.924. The van der Waals surface area contributed by atoms with Gasteiger partial charge in [0.1, 0.15) is 5.58 Å². The molecule has 0 spiro atoms. The fraction of sp³-hybridized carbons (Fsp3) is 0.125. The lowest BCUT2D eigenvalue weighted by atomic mass is 9.94. The fourth-order valence-electron chi connectivity index (χ4n) is 2.22. The molecule has 4 nitrogen and oxygen atoms in total. The standard InChI is InChI=1S/C16H12O4S/c1-9(16(18)19)12-6-10-2-4-20-15(10)13(7-12)14(17)11-3-5-21-8-11/h2-9H,1H3,(H,18,19). The lowest BCUT2D eigenvalue weighted by Gasteiger charge is -2.09. The van der Waals surface area contributed by atoms with Crippen molar-refractivity contribution in [3.63, 3.8) is 0 Å². The van der Waals surface area contributed by atoms with E-state index in [4.69, 9.17) is 9.52 Å². The first-order valence-electron chi connectivity index (χ1n) is 6.39. The Balaban J connectivity index is 2.18. The fourth-order valence-corrected chi connectivity index (χ4v) is 2.85. The van der Waals surface area contributed by atoms with Gasteiger partial charge in [-0.15, -0.1) is 0 Å². The molecule has 0 aliphatic heterocycles. The van der Waals surface area contributed by atoms with Gasteiger partial charge in [0, 0.05) is 16.3 Å². The molecule has 3 aromatic rings. The average Bonchev–Trinajstić information content (AvgIpc) is 3.15. The Morgan fingerprint density at radius 2 is 2.10 bits per heavy atom. The van der Waals surface area contributed by atoms with Crippen LogP contribution >= 0.6 is 11.3 Å². The van der Waals surface area contributed by atoms with Gasteiger partial charge in [0.05, 0.1) is 17.7 Å². The molecule has 106 valence electrons. The number of benzene rings is 1. The Morgan fingerprint density at radius 3 is 2.76 bits per heavy atom. The summed E-state index contributed by atoms with van der Waals surface area (Å²) in [5.74, 6) is -1.76. The summed E-state index contributed by atoms with van der Waals surface area (Å²) in [6.45, 7) is 1.60. The van der Waals surface area contributed by atoms with Crippen LogP contribution in [0.4, 0.5) is 0 Å². The Morgan fingerprint density at radius 1 is 1.29 bits per heavy atom. The third kappa shape index (κ3) is 2.36. The van der Waals surface area contributed by atoms with E-state index in [2.05, 4.69) is 0 Å². The van der Waals surface area contributed by atoms with Gasteiger partial charge in [0.25, 0.3) is 0 Å². The zero-order valence-corrected chi connectivity index (χ0v) is 12.0. The predicted molar refractivity (Wildman–Crippen MR) is 80.0 cm³/mol. The molecule has 0 bridgehead atoms. The number of hydrogen-bond acceptors (Lipinski definition) is 4. The molecule has 1 atom stereocenters. The zero-order valence-electron chi connectivity index (χ0n) is 11.2. The summed E-state index contributed by atoms with van der Waals surface area (Å²) in [7, 11) is 0. The van der Waals surface area contributed by atoms with Gasteiger partial charge in [-0.1, -0.05) is 0 Å². The summed E-state index contributed by atoms with van der Waals surface area (Å²) in [6, 6.07) is 6.85. The van der Waals surface area contributed by atoms with Crippen molar-refractivity contribution in [1.82, 2.24) is 0 Å². The molecule has 0 saturated carbocycles. The first-order chi connectivity index (χ1) is 10.1. The van der Waals surface area contributed by atoms with E-state index in [1.165, 1.54) is 17.6 Å². The summed E-state index contributed by atoms with van der Waals surface area (Å²) in [4.78, 5) is 23.7. The molecule has 2 aromatic heterocycles. The Hall–Kier alpha value is -2.40. The van der Waals surface area contributed by atoms with E-state index in [-0.39, 0.29) is 5.78 Å². The van der Waals surface area contributed by atoms with E-state index in [0.717, 1.165) is 5.39 Å². The third-order valence-corrected chi connectivity index (χ3v) is 4.16. The van der Waals surface area contributed by atoms with E-state index in [9.17, 15) is 9.59 Å². The number of thiophene rings is 1. The van der Waals surface area contributed by atoms with Crippen LogP contribution in [0.2, 0.25) is 0 Å². The van der Waals surface area contributed by atoms with Crippen molar-refractivity contribution in [3.05, 3.63) is 58.0 Å². The van der Waals surface area contributed by atoms with Crippen LogP contribution in [-0.4, -0.2) is 16.9 Å². The molecule has 3 rings (SSSR count). The van der Waals surface area contributed by atoms with Gasteiger partial charge in [-0.05, 0) is 42.1 Å². The first kappa shape index (κ1) is 13.6. The van der Waals surface area contributed by atoms with Crippen molar-refractivity contribution in [1.29, 1.82) is 0 Å². The summed E-state index contributed by atoms with van der Waals surface area (Å²) >= 11 is 1.44. The quantitative estimate of drug-likeness (QED) is 0.742. The molecule has 0 amide bonds. The van der Waals surface area contributed by atoms with Gasteiger partial charge in [-0.25, -0.2) is 0 Å². The van der Waals surface area contributed by atoms with Crippen molar-refractivity contribution in [3.8, 4) is 0 Å². The Bertz CT molecular complexity index is 814. The number of aliphatic carboxylic acids is 1. The molecule has 21 heavy (non-hydrogen) atoms. The van der Waals surface area contributed by atoms with Crippen LogP contribution in [0, 0.1) is 0 Å². The maximum absolute atomic E-state index is 12.6. The topological polar surface area (TPSA) is 67.5 Å². The van der Waals surface area contributed by atoms with E-state index in [1.807, 2.05) is 5.38 Å².